The molecule has 1 aliphatic heterocycles. The smallest absolute Gasteiger partial charge is 0.253 e. The maximum atomic E-state index is 12.8. The molecule has 142 valence electrons. The molecule has 2 aromatic heterocycles. The van der Waals surface area contributed by atoms with E-state index in [1.54, 1.807) is 24.5 Å². The summed E-state index contributed by atoms with van der Waals surface area (Å²) >= 11 is 0. The zero-order valence-electron chi connectivity index (χ0n) is 16.2. The minimum atomic E-state index is 0.0861. The Morgan fingerprint density at radius 3 is 2.75 bits per heavy atom. The molecule has 28 heavy (non-hydrogen) atoms. The molecule has 0 bridgehead atoms. The molecule has 3 aromatic rings. The van der Waals surface area contributed by atoms with Crippen LogP contribution in [0.3, 0.4) is 0 Å². The fourth-order valence-corrected chi connectivity index (χ4v) is 3.94. The molecule has 1 amide bonds. The fraction of sp³-hybridized carbons (Fsp3) is 0.292. The van der Waals surface area contributed by atoms with Crippen LogP contribution >= 0.6 is 0 Å². The molecule has 4 nitrogen and oxygen atoms in total. The molecule has 1 aromatic carbocycles. The molecule has 3 heterocycles. The lowest BCUT2D eigenvalue weighted by Gasteiger charge is -2.32. The maximum Gasteiger partial charge on any atom is 0.253 e. The molecular weight excluding hydrogens is 346 g/mol. The molecule has 0 radical (unpaired) electrons. The quantitative estimate of drug-likeness (QED) is 0.683. The second kappa shape index (κ2) is 8.34. The molecule has 4 heteroatoms. The number of hydrogen-bond acceptors (Lipinski definition) is 3. The van der Waals surface area contributed by atoms with Crippen LogP contribution in [-0.4, -0.2) is 33.9 Å². The van der Waals surface area contributed by atoms with Crippen LogP contribution < -0.4 is 0 Å². The van der Waals surface area contributed by atoms with Crippen LogP contribution in [0, 0.1) is 6.92 Å². The summed E-state index contributed by atoms with van der Waals surface area (Å²) < 4.78 is 0. The topological polar surface area (TPSA) is 46.1 Å². The minimum Gasteiger partial charge on any atom is -0.338 e. The average Bonchev–Trinajstić information content (AvgIpc) is 2.74. The highest BCUT2D eigenvalue weighted by molar-refractivity contribution is 5.94. The van der Waals surface area contributed by atoms with Gasteiger partial charge in [-0.3, -0.25) is 14.8 Å². The number of likely N-dealkylation sites (tertiary alicyclic amines) is 1. The Hall–Kier alpha value is -3.01. The number of aromatic nitrogens is 2. The van der Waals surface area contributed by atoms with E-state index in [-0.39, 0.29) is 11.8 Å². The third kappa shape index (κ3) is 4.28. The molecule has 1 aliphatic rings. The zero-order chi connectivity index (χ0) is 19.3. The van der Waals surface area contributed by atoms with Crippen LogP contribution in [0.1, 0.15) is 51.6 Å². The lowest BCUT2D eigenvalue weighted by Crippen LogP contribution is -2.39. The normalized spacial score (nSPS) is 16.8. The van der Waals surface area contributed by atoms with Gasteiger partial charge in [0.1, 0.15) is 0 Å². The second-order valence-corrected chi connectivity index (χ2v) is 7.55. The molecule has 0 spiro atoms. The van der Waals surface area contributed by atoms with Crippen molar-refractivity contribution in [1.29, 1.82) is 0 Å². The van der Waals surface area contributed by atoms with Gasteiger partial charge < -0.3 is 4.90 Å². The van der Waals surface area contributed by atoms with Crippen LogP contribution in [0.5, 0.6) is 0 Å². The van der Waals surface area contributed by atoms with Crippen molar-refractivity contribution in [2.75, 3.05) is 13.1 Å². The summed E-state index contributed by atoms with van der Waals surface area (Å²) in [5.41, 5.74) is 5.43. The lowest BCUT2D eigenvalue weighted by atomic mass is 9.93. The van der Waals surface area contributed by atoms with Crippen molar-refractivity contribution >= 4 is 5.91 Å². The van der Waals surface area contributed by atoms with Gasteiger partial charge in [0.05, 0.1) is 0 Å². The highest BCUT2D eigenvalue weighted by Crippen LogP contribution is 2.27. The lowest BCUT2D eigenvalue weighted by molar-refractivity contribution is 0.0705. The van der Waals surface area contributed by atoms with Crippen molar-refractivity contribution in [2.45, 2.75) is 32.1 Å². The first-order valence-corrected chi connectivity index (χ1v) is 9.90. The Morgan fingerprint density at radius 2 is 1.93 bits per heavy atom. The van der Waals surface area contributed by atoms with Crippen LogP contribution in [-0.2, 0) is 6.42 Å². The van der Waals surface area contributed by atoms with Crippen molar-refractivity contribution in [3.8, 4) is 0 Å². The summed E-state index contributed by atoms with van der Waals surface area (Å²) in [5.74, 6) is 0.375. The van der Waals surface area contributed by atoms with Gasteiger partial charge in [-0.05, 0) is 49.6 Å². The number of carbonyl (C=O) groups excluding carboxylic acids is 1. The van der Waals surface area contributed by atoms with E-state index in [2.05, 4.69) is 54.4 Å². The second-order valence-electron chi connectivity index (χ2n) is 7.55. The average molecular weight is 371 g/mol. The summed E-state index contributed by atoms with van der Waals surface area (Å²) in [5, 5.41) is 0. The Kier molecular flexibility index (Phi) is 5.47. The number of pyridine rings is 2. The van der Waals surface area contributed by atoms with E-state index in [0.717, 1.165) is 43.7 Å². The Labute approximate surface area is 166 Å². The molecule has 0 unspecified atom stereocenters. The van der Waals surface area contributed by atoms with E-state index in [9.17, 15) is 4.79 Å². The van der Waals surface area contributed by atoms with E-state index in [4.69, 9.17) is 4.98 Å². The standard InChI is InChI=1S/C24H25N3O/c1-18-5-2-6-19(15-18)16-22-8-3-9-23(26-22)21-7-4-14-27(17-21)24(28)20-10-12-25-13-11-20/h2-3,5-6,8-13,15,21H,4,7,14,16-17H2,1H3/t21-/m1/s1. The van der Waals surface area contributed by atoms with Crippen molar-refractivity contribution in [2.24, 2.45) is 0 Å². The predicted molar refractivity (Wildman–Crippen MR) is 110 cm³/mol. The third-order valence-corrected chi connectivity index (χ3v) is 5.35. The summed E-state index contributed by atoms with van der Waals surface area (Å²) in [4.78, 5) is 23.7. The van der Waals surface area contributed by atoms with E-state index < -0.39 is 0 Å². The minimum absolute atomic E-state index is 0.0861. The van der Waals surface area contributed by atoms with Gasteiger partial charge in [0.15, 0.2) is 0 Å². The van der Waals surface area contributed by atoms with Crippen LogP contribution in [0.25, 0.3) is 0 Å². The van der Waals surface area contributed by atoms with Crippen LogP contribution in [0.4, 0.5) is 0 Å². The molecule has 4 rings (SSSR count). The van der Waals surface area contributed by atoms with E-state index in [1.807, 2.05) is 4.90 Å². The molecule has 1 fully saturated rings. The summed E-state index contributed by atoms with van der Waals surface area (Å²) in [6, 6.07) is 18.4. The first kappa shape index (κ1) is 18.4. The van der Waals surface area contributed by atoms with E-state index in [0.29, 0.717) is 5.56 Å². The van der Waals surface area contributed by atoms with E-state index in [1.165, 1.54) is 11.1 Å². The number of hydrogen-bond donors (Lipinski definition) is 0. The zero-order valence-corrected chi connectivity index (χ0v) is 16.2. The fourth-order valence-electron chi connectivity index (χ4n) is 3.94. The molecule has 0 aliphatic carbocycles. The molecule has 0 saturated carbocycles. The van der Waals surface area contributed by atoms with Crippen LogP contribution in [0.2, 0.25) is 0 Å². The number of benzene rings is 1. The van der Waals surface area contributed by atoms with Crippen molar-refractivity contribution in [1.82, 2.24) is 14.9 Å². The molecule has 0 N–H and O–H groups in total. The monoisotopic (exact) mass is 371 g/mol. The number of amides is 1. The Bertz CT molecular complexity index is 955. The summed E-state index contributed by atoms with van der Waals surface area (Å²) in [6.07, 6.45) is 6.25. The maximum absolute atomic E-state index is 12.8. The van der Waals surface area contributed by atoms with Gasteiger partial charge in [-0.1, -0.05) is 35.9 Å². The predicted octanol–water partition coefficient (Wildman–Crippen LogP) is 4.40. The van der Waals surface area contributed by atoms with Gasteiger partial charge in [0.2, 0.25) is 0 Å². The SMILES string of the molecule is Cc1cccc(Cc2cccc([C@@H]3CCCN(C(=O)c4ccncc4)C3)n2)c1. The van der Waals surface area contributed by atoms with Crippen molar-refractivity contribution in [3.63, 3.8) is 0 Å². The Balaban J connectivity index is 1.48. The first-order valence-electron chi connectivity index (χ1n) is 9.90. The van der Waals surface area contributed by atoms with Gasteiger partial charge in [0, 0.05) is 54.8 Å². The van der Waals surface area contributed by atoms with Gasteiger partial charge >= 0.3 is 0 Å². The Morgan fingerprint density at radius 1 is 1.11 bits per heavy atom. The van der Waals surface area contributed by atoms with Gasteiger partial charge in [0.25, 0.3) is 5.91 Å². The molecule has 1 saturated heterocycles. The third-order valence-electron chi connectivity index (χ3n) is 5.35. The number of rotatable bonds is 4. The van der Waals surface area contributed by atoms with Crippen molar-refractivity contribution < 1.29 is 4.79 Å². The number of aryl methyl sites for hydroxylation is 1. The summed E-state index contributed by atoms with van der Waals surface area (Å²) in [7, 11) is 0. The summed E-state index contributed by atoms with van der Waals surface area (Å²) in [6.45, 7) is 3.65. The van der Waals surface area contributed by atoms with Gasteiger partial charge in [-0.25, -0.2) is 0 Å². The number of nitrogens with zero attached hydrogens (tertiary/aromatic N) is 3. The molecular formula is C24H25N3O. The van der Waals surface area contributed by atoms with E-state index >= 15 is 0 Å². The largest absolute Gasteiger partial charge is 0.338 e. The first-order chi connectivity index (χ1) is 13.7. The van der Waals surface area contributed by atoms with Gasteiger partial charge in [-0.2, -0.15) is 0 Å². The number of carbonyl (C=O) groups is 1. The number of piperidine rings is 1. The van der Waals surface area contributed by atoms with Crippen molar-refractivity contribution in [3.05, 3.63) is 95.1 Å². The van der Waals surface area contributed by atoms with Crippen LogP contribution in [0.15, 0.2) is 67.0 Å². The van der Waals surface area contributed by atoms with Gasteiger partial charge in [-0.15, -0.1) is 0 Å². The highest BCUT2D eigenvalue weighted by atomic mass is 16.2. The highest BCUT2D eigenvalue weighted by Gasteiger charge is 2.26. The molecule has 1 atom stereocenters.